The van der Waals surface area contributed by atoms with Gasteiger partial charge in [0, 0.05) is 6.42 Å². The number of oxazole rings is 1. The molecule has 20 heavy (non-hydrogen) atoms. The van der Waals surface area contributed by atoms with Crippen molar-refractivity contribution in [3.8, 4) is 0 Å². The number of carbonyl (C=O) groups excluding carboxylic acids is 2. The summed E-state index contributed by atoms with van der Waals surface area (Å²) in [5.74, 6) is -2.23. The summed E-state index contributed by atoms with van der Waals surface area (Å²) < 4.78 is 5.46. The second-order valence-corrected chi connectivity index (χ2v) is 4.54. The van der Waals surface area contributed by atoms with Crippen molar-refractivity contribution in [3.05, 3.63) is 29.7 Å². The van der Waals surface area contributed by atoms with E-state index in [0.717, 1.165) is 0 Å². The molecule has 1 fully saturated rings. The lowest BCUT2D eigenvalue weighted by molar-refractivity contribution is -0.134. The van der Waals surface area contributed by atoms with Gasteiger partial charge in [0.05, 0.1) is 5.56 Å². The first kappa shape index (κ1) is 12.3. The predicted octanol–water partition coefficient (Wildman–Crippen LogP) is 1.05. The van der Waals surface area contributed by atoms with Crippen LogP contribution in [0.5, 0.6) is 0 Å². The van der Waals surface area contributed by atoms with Crippen LogP contribution in [0.2, 0.25) is 0 Å². The fraction of sp³-hybridized carbons (Fsp3) is 0.231. The number of carboxylic acids is 1. The summed E-state index contributed by atoms with van der Waals surface area (Å²) in [5.41, 5.74) is 0.878. The van der Waals surface area contributed by atoms with Crippen molar-refractivity contribution in [2.24, 2.45) is 0 Å². The molecule has 1 saturated heterocycles. The van der Waals surface area contributed by atoms with Gasteiger partial charge >= 0.3 is 5.97 Å². The molecule has 3 rings (SSSR count). The Balaban J connectivity index is 1.98. The largest absolute Gasteiger partial charge is 0.478 e. The summed E-state index contributed by atoms with van der Waals surface area (Å²) in [6, 6.07) is 4.30. The van der Waals surface area contributed by atoms with Gasteiger partial charge in [0.1, 0.15) is 11.4 Å². The van der Waals surface area contributed by atoms with Crippen LogP contribution in [-0.4, -0.2) is 27.9 Å². The third-order valence-corrected chi connectivity index (χ3v) is 3.19. The Hall–Kier alpha value is -2.70. The molecule has 1 aromatic heterocycles. The van der Waals surface area contributed by atoms with E-state index in [1.807, 2.05) is 0 Å². The van der Waals surface area contributed by atoms with Crippen LogP contribution in [0.4, 0.5) is 0 Å². The zero-order valence-electron chi connectivity index (χ0n) is 10.3. The second kappa shape index (κ2) is 4.44. The predicted molar refractivity (Wildman–Crippen MR) is 66.1 cm³/mol. The molecule has 0 bridgehead atoms. The van der Waals surface area contributed by atoms with Gasteiger partial charge in [-0.1, -0.05) is 0 Å². The van der Waals surface area contributed by atoms with Gasteiger partial charge in [-0.05, 0) is 24.6 Å². The van der Waals surface area contributed by atoms with Crippen molar-refractivity contribution in [2.75, 3.05) is 0 Å². The van der Waals surface area contributed by atoms with Crippen molar-refractivity contribution in [3.63, 3.8) is 0 Å². The van der Waals surface area contributed by atoms with E-state index in [0.29, 0.717) is 17.5 Å². The molecule has 1 unspecified atom stereocenters. The molecule has 1 aromatic carbocycles. The highest BCUT2D eigenvalue weighted by Gasteiger charge is 2.31. The molecule has 2 aromatic rings. The molecule has 7 heteroatoms. The molecule has 2 heterocycles. The van der Waals surface area contributed by atoms with Crippen LogP contribution in [0.3, 0.4) is 0 Å². The Morgan fingerprint density at radius 2 is 2.20 bits per heavy atom. The molecule has 0 radical (unpaired) electrons. The van der Waals surface area contributed by atoms with Crippen LogP contribution in [0.15, 0.2) is 22.6 Å². The van der Waals surface area contributed by atoms with Gasteiger partial charge in [0.2, 0.25) is 17.7 Å². The molecule has 0 saturated carbocycles. The van der Waals surface area contributed by atoms with Gasteiger partial charge in [-0.3, -0.25) is 14.9 Å². The van der Waals surface area contributed by atoms with Crippen LogP contribution in [0.1, 0.15) is 35.0 Å². The molecule has 2 amide bonds. The first-order chi connectivity index (χ1) is 9.54. The zero-order valence-corrected chi connectivity index (χ0v) is 10.3. The highest BCUT2D eigenvalue weighted by Crippen LogP contribution is 2.27. The van der Waals surface area contributed by atoms with Crippen LogP contribution in [0.25, 0.3) is 11.1 Å². The van der Waals surface area contributed by atoms with Crippen molar-refractivity contribution >= 4 is 28.9 Å². The average molecular weight is 274 g/mol. The maximum Gasteiger partial charge on any atom is 0.335 e. The Kier molecular flexibility index (Phi) is 2.74. The first-order valence-electron chi connectivity index (χ1n) is 6.02. The standard InChI is InChI=1S/C13H10N2O5/c16-10-4-2-7(11(17)15-10)12-14-8-3-1-6(13(18)19)5-9(8)20-12/h1,3,5,7H,2,4H2,(H,18,19)(H,15,16,17). The maximum absolute atomic E-state index is 11.7. The number of carboxylic acid groups (broad SMARTS) is 1. The highest BCUT2D eigenvalue weighted by atomic mass is 16.4. The number of fused-ring (bicyclic) bond motifs is 1. The van der Waals surface area contributed by atoms with E-state index in [-0.39, 0.29) is 23.8 Å². The van der Waals surface area contributed by atoms with Crippen molar-refractivity contribution in [1.82, 2.24) is 10.3 Å². The van der Waals surface area contributed by atoms with Crippen molar-refractivity contribution in [2.45, 2.75) is 18.8 Å². The number of carbonyl (C=O) groups is 3. The van der Waals surface area contributed by atoms with Crippen molar-refractivity contribution in [1.29, 1.82) is 0 Å². The number of nitrogens with zero attached hydrogens (tertiary/aromatic N) is 1. The molecule has 1 aliphatic rings. The van der Waals surface area contributed by atoms with Crippen LogP contribution in [0, 0.1) is 0 Å². The van der Waals surface area contributed by atoms with Crippen LogP contribution >= 0.6 is 0 Å². The fourth-order valence-corrected chi connectivity index (χ4v) is 2.15. The van der Waals surface area contributed by atoms with Crippen LogP contribution in [-0.2, 0) is 9.59 Å². The molecule has 1 aliphatic heterocycles. The number of aromatic nitrogens is 1. The fourth-order valence-electron chi connectivity index (χ4n) is 2.15. The van der Waals surface area contributed by atoms with Gasteiger partial charge in [0.25, 0.3) is 0 Å². The molecule has 1 atom stereocenters. The van der Waals surface area contributed by atoms with Gasteiger partial charge in [0.15, 0.2) is 5.58 Å². The summed E-state index contributed by atoms with van der Waals surface area (Å²) >= 11 is 0. The lowest BCUT2D eigenvalue weighted by Gasteiger charge is -2.17. The van der Waals surface area contributed by atoms with Gasteiger partial charge in [-0.25, -0.2) is 9.78 Å². The number of nitrogens with one attached hydrogen (secondary N) is 1. The SMILES string of the molecule is O=C1CCC(c2nc3ccc(C(=O)O)cc3o2)C(=O)N1. The highest BCUT2D eigenvalue weighted by molar-refractivity contribution is 6.00. The minimum absolute atomic E-state index is 0.0865. The molecule has 0 aliphatic carbocycles. The monoisotopic (exact) mass is 274 g/mol. The van der Waals surface area contributed by atoms with E-state index in [9.17, 15) is 14.4 Å². The number of aromatic carboxylic acids is 1. The lowest BCUT2D eigenvalue weighted by Crippen LogP contribution is -2.39. The third kappa shape index (κ3) is 2.03. The number of benzene rings is 1. The van der Waals surface area contributed by atoms with Gasteiger partial charge in [-0.2, -0.15) is 0 Å². The molecule has 7 nitrogen and oxygen atoms in total. The number of hydrogen-bond acceptors (Lipinski definition) is 5. The zero-order chi connectivity index (χ0) is 14.3. The van der Waals surface area contributed by atoms with E-state index in [2.05, 4.69) is 10.3 Å². The molecule has 2 N–H and O–H groups in total. The minimum atomic E-state index is -1.06. The smallest absolute Gasteiger partial charge is 0.335 e. The third-order valence-electron chi connectivity index (χ3n) is 3.19. The summed E-state index contributed by atoms with van der Waals surface area (Å²) in [6.07, 6.45) is 0.568. The molecule has 102 valence electrons. The quantitative estimate of drug-likeness (QED) is 0.792. The van der Waals surface area contributed by atoms with E-state index in [1.54, 1.807) is 0 Å². The number of imide groups is 1. The van der Waals surface area contributed by atoms with E-state index < -0.39 is 17.8 Å². The topological polar surface area (TPSA) is 110 Å². The number of hydrogen-bond donors (Lipinski definition) is 2. The lowest BCUT2D eigenvalue weighted by atomic mass is 9.98. The summed E-state index contributed by atoms with van der Waals surface area (Å²) in [4.78, 5) is 37.9. The van der Waals surface area contributed by atoms with E-state index in [4.69, 9.17) is 9.52 Å². The Bertz CT molecular complexity index is 733. The number of piperidine rings is 1. The van der Waals surface area contributed by atoms with E-state index >= 15 is 0 Å². The normalized spacial score (nSPS) is 19.1. The number of amides is 2. The summed E-state index contributed by atoms with van der Waals surface area (Å²) in [5, 5.41) is 11.1. The van der Waals surface area contributed by atoms with Crippen molar-refractivity contribution < 1.29 is 23.9 Å². The van der Waals surface area contributed by atoms with Gasteiger partial charge in [-0.15, -0.1) is 0 Å². The molecule has 0 spiro atoms. The second-order valence-electron chi connectivity index (χ2n) is 4.54. The van der Waals surface area contributed by atoms with Crippen LogP contribution < -0.4 is 5.32 Å². The summed E-state index contributed by atoms with van der Waals surface area (Å²) in [6.45, 7) is 0. The maximum atomic E-state index is 11.7. The first-order valence-corrected chi connectivity index (χ1v) is 6.02. The summed E-state index contributed by atoms with van der Waals surface area (Å²) in [7, 11) is 0. The minimum Gasteiger partial charge on any atom is -0.478 e. The van der Waals surface area contributed by atoms with Gasteiger partial charge < -0.3 is 9.52 Å². The van der Waals surface area contributed by atoms with E-state index in [1.165, 1.54) is 18.2 Å². The Labute approximate surface area is 112 Å². The molecular formula is C13H10N2O5. The average Bonchev–Trinajstić information content (AvgIpc) is 2.80. The molecular weight excluding hydrogens is 264 g/mol. The Morgan fingerprint density at radius 1 is 1.40 bits per heavy atom. The Morgan fingerprint density at radius 3 is 2.90 bits per heavy atom. The number of rotatable bonds is 2.